The monoisotopic (exact) mass is 233 g/mol. The van der Waals surface area contributed by atoms with E-state index in [2.05, 4.69) is 22.5 Å². The van der Waals surface area contributed by atoms with Gasteiger partial charge >= 0.3 is 0 Å². The number of hydrogen-bond donors (Lipinski definition) is 2. The highest BCUT2D eigenvalue weighted by Crippen LogP contribution is 2.33. The molecule has 0 aromatic carbocycles. The van der Waals surface area contributed by atoms with Crippen LogP contribution in [0.25, 0.3) is 0 Å². The van der Waals surface area contributed by atoms with Crippen LogP contribution in [0.4, 0.5) is 5.82 Å². The fourth-order valence-electron chi connectivity index (χ4n) is 1.98. The lowest BCUT2D eigenvalue weighted by molar-refractivity contribution is 0.0949. The summed E-state index contributed by atoms with van der Waals surface area (Å²) >= 11 is 0. The van der Waals surface area contributed by atoms with E-state index in [9.17, 15) is 4.79 Å². The number of amides is 1. The van der Waals surface area contributed by atoms with Crippen LogP contribution in [-0.2, 0) is 0 Å². The number of aromatic nitrogens is 1. The lowest BCUT2D eigenvalue weighted by Crippen LogP contribution is -2.26. The van der Waals surface area contributed by atoms with Gasteiger partial charge in [-0.05, 0) is 31.4 Å². The largest absolute Gasteiger partial charge is 0.370 e. The van der Waals surface area contributed by atoms with Crippen molar-refractivity contribution in [2.75, 3.05) is 11.9 Å². The van der Waals surface area contributed by atoms with E-state index >= 15 is 0 Å². The molecule has 0 aliphatic heterocycles. The van der Waals surface area contributed by atoms with Crippen LogP contribution in [0, 0.1) is 5.92 Å². The van der Waals surface area contributed by atoms with Crippen molar-refractivity contribution in [2.45, 2.75) is 32.7 Å². The number of anilines is 1. The number of nitrogens with one attached hydrogen (secondary N) is 2. The summed E-state index contributed by atoms with van der Waals surface area (Å²) in [6, 6.07) is 3.92. The third kappa shape index (κ3) is 2.96. The van der Waals surface area contributed by atoms with Gasteiger partial charge in [0.25, 0.3) is 5.91 Å². The van der Waals surface area contributed by atoms with E-state index in [1.165, 1.54) is 0 Å². The zero-order valence-electron chi connectivity index (χ0n) is 10.4. The Labute approximate surface area is 102 Å². The minimum absolute atomic E-state index is 0.00695. The zero-order chi connectivity index (χ0) is 12.3. The van der Waals surface area contributed by atoms with E-state index in [0.717, 1.165) is 25.2 Å². The molecule has 2 atom stereocenters. The normalized spacial score (nSPS) is 22.0. The smallest absolute Gasteiger partial charge is 0.251 e. The highest BCUT2D eigenvalue weighted by atomic mass is 16.1. The molecule has 1 aliphatic rings. The Morgan fingerprint density at radius 1 is 1.53 bits per heavy atom. The maximum atomic E-state index is 11.9. The summed E-state index contributed by atoms with van der Waals surface area (Å²) in [6.07, 6.45) is 3.93. The first-order valence-electron chi connectivity index (χ1n) is 6.25. The molecule has 0 spiro atoms. The number of pyridine rings is 1. The fraction of sp³-hybridized carbons (Fsp3) is 0.538. The molecule has 2 rings (SSSR count). The molecule has 0 bridgehead atoms. The van der Waals surface area contributed by atoms with E-state index in [1.807, 2.05) is 6.92 Å². The first kappa shape index (κ1) is 11.9. The van der Waals surface area contributed by atoms with Crippen LogP contribution in [-0.4, -0.2) is 23.5 Å². The summed E-state index contributed by atoms with van der Waals surface area (Å²) in [5, 5.41) is 6.15. The molecule has 17 heavy (non-hydrogen) atoms. The van der Waals surface area contributed by atoms with Crippen molar-refractivity contribution in [3.8, 4) is 0 Å². The quantitative estimate of drug-likeness (QED) is 0.818. The number of hydrogen-bond acceptors (Lipinski definition) is 3. The second-order valence-corrected chi connectivity index (χ2v) is 4.44. The Bertz CT molecular complexity index is 405. The number of rotatable bonds is 5. The van der Waals surface area contributed by atoms with Crippen LogP contribution in [0.1, 0.15) is 37.0 Å². The first-order valence-corrected chi connectivity index (χ1v) is 6.25. The van der Waals surface area contributed by atoms with Crippen molar-refractivity contribution in [1.82, 2.24) is 10.3 Å². The summed E-state index contributed by atoms with van der Waals surface area (Å²) in [5.41, 5.74) is 0.678. The molecule has 1 aromatic rings. The van der Waals surface area contributed by atoms with E-state index < -0.39 is 0 Å². The Morgan fingerprint density at radius 2 is 2.35 bits per heavy atom. The predicted octanol–water partition coefficient (Wildman–Crippen LogP) is 2.04. The van der Waals surface area contributed by atoms with Crippen molar-refractivity contribution in [3.63, 3.8) is 0 Å². The van der Waals surface area contributed by atoms with Gasteiger partial charge in [0.1, 0.15) is 5.82 Å². The van der Waals surface area contributed by atoms with Gasteiger partial charge in [-0.15, -0.1) is 0 Å². The highest BCUT2D eigenvalue weighted by molar-refractivity contribution is 5.95. The summed E-state index contributed by atoms with van der Waals surface area (Å²) < 4.78 is 0. The van der Waals surface area contributed by atoms with E-state index in [0.29, 0.717) is 17.5 Å². The fourth-order valence-corrected chi connectivity index (χ4v) is 1.98. The van der Waals surface area contributed by atoms with Crippen molar-refractivity contribution < 1.29 is 4.79 Å². The third-order valence-electron chi connectivity index (χ3n) is 3.14. The molecule has 1 saturated carbocycles. The van der Waals surface area contributed by atoms with Crippen LogP contribution >= 0.6 is 0 Å². The predicted molar refractivity (Wildman–Crippen MR) is 68.1 cm³/mol. The zero-order valence-corrected chi connectivity index (χ0v) is 10.4. The van der Waals surface area contributed by atoms with Gasteiger partial charge in [-0.3, -0.25) is 4.79 Å². The minimum atomic E-state index is 0.00695. The molecule has 0 saturated heterocycles. The van der Waals surface area contributed by atoms with Crippen molar-refractivity contribution in [3.05, 3.63) is 23.9 Å². The summed E-state index contributed by atoms with van der Waals surface area (Å²) in [4.78, 5) is 16.1. The van der Waals surface area contributed by atoms with Crippen LogP contribution in [0.2, 0.25) is 0 Å². The molecule has 1 aliphatic carbocycles. The summed E-state index contributed by atoms with van der Waals surface area (Å²) in [5.74, 6) is 1.43. The highest BCUT2D eigenvalue weighted by Gasteiger charge is 2.36. The topological polar surface area (TPSA) is 54.0 Å². The van der Waals surface area contributed by atoms with Crippen LogP contribution in [0.3, 0.4) is 0 Å². The molecule has 0 radical (unpaired) electrons. The van der Waals surface area contributed by atoms with Gasteiger partial charge in [-0.1, -0.05) is 13.3 Å². The van der Waals surface area contributed by atoms with Crippen molar-refractivity contribution in [1.29, 1.82) is 0 Å². The van der Waals surface area contributed by atoms with E-state index in [-0.39, 0.29) is 5.91 Å². The standard InChI is InChI=1S/C13H19N3O/c1-3-9-7-11(9)16-13(17)10-5-6-15-12(8-10)14-4-2/h5-6,8-9,11H,3-4,7H2,1-2H3,(H,14,15)(H,16,17). The summed E-state index contributed by atoms with van der Waals surface area (Å²) in [6.45, 7) is 4.97. The van der Waals surface area contributed by atoms with Crippen LogP contribution in [0.5, 0.6) is 0 Å². The molecule has 2 N–H and O–H groups in total. The van der Waals surface area contributed by atoms with Gasteiger partial charge in [0.2, 0.25) is 0 Å². The number of carbonyl (C=O) groups excluding carboxylic acids is 1. The van der Waals surface area contributed by atoms with E-state index in [1.54, 1.807) is 18.3 Å². The van der Waals surface area contributed by atoms with Crippen LogP contribution in [0.15, 0.2) is 18.3 Å². The Morgan fingerprint density at radius 3 is 3.00 bits per heavy atom. The average molecular weight is 233 g/mol. The Balaban J connectivity index is 1.96. The molecule has 4 heteroatoms. The van der Waals surface area contributed by atoms with Gasteiger partial charge in [-0.2, -0.15) is 0 Å². The summed E-state index contributed by atoms with van der Waals surface area (Å²) in [7, 11) is 0. The molecule has 92 valence electrons. The molecular formula is C13H19N3O. The van der Waals surface area contributed by atoms with Gasteiger partial charge in [0.15, 0.2) is 0 Å². The van der Waals surface area contributed by atoms with Crippen LogP contribution < -0.4 is 10.6 Å². The lowest BCUT2D eigenvalue weighted by atomic mass is 10.2. The molecule has 2 unspecified atom stereocenters. The van der Waals surface area contributed by atoms with Gasteiger partial charge in [0.05, 0.1) is 0 Å². The van der Waals surface area contributed by atoms with Gasteiger partial charge < -0.3 is 10.6 Å². The molecule has 4 nitrogen and oxygen atoms in total. The molecule has 1 heterocycles. The Hall–Kier alpha value is -1.58. The Kier molecular flexibility index (Phi) is 3.61. The molecule has 1 fully saturated rings. The molecule has 1 aromatic heterocycles. The maximum Gasteiger partial charge on any atom is 0.251 e. The maximum absolute atomic E-state index is 11.9. The van der Waals surface area contributed by atoms with Gasteiger partial charge in [0, 0.05) is 24.3 Å². The van der Waals surface area contributed by atoms with E-state index in [4.69, 9.17) is 0 Å². The average Bonchev–Trinajstić information content (AvgIpc) is 3.08. The van der Waals surface area contributed by atoms with Gasteiger partial charge in [-0.25, -0.2) is 4.98 Å². The first-order chi connectivity index (χ1) is 8.24. The molecule has 1 amide bonds. The third-order valence-corrected chi connectivity index (χ3v) is 3.14. The molecular weight excluding hydrogens is 214 g/mol. The lowest BCUT2D eigenvalue weighted by Gasteiger charge is -2.06. The second-order valence-electron chi connectivity index (χ2n) is 4.44. The SMILES string of the molecule is CCNc1cc(C(=O)NC2CC2CC)ccn1. The van der Waals surface area contributed by atoms with Crippen molar-refractivity contribution >= 4 is 11.7 Å². The number of nitrogens with zero attached hydrogens (tertiary/aromatic N) is 1. The minimum Gasteiger partial charge on any atom is -0.370 e. The number of carbonyl (C=O) groups is 1. The van der Waals surface area contributed by atoms with Crippen molar-refractivity contribution in [2.24, 2.45) is 5.92 Å². The second kappa shape index (κ2) is 5.17.